The first-order valence-corrected chi connectivity index (χ1v) is 8.94. The zero-order chi connectivity index (χ0) is 16.8. The van der Waals surface area contributed by atoms with E-state index in [-0.39, 0.29) is 0 Å². The molecule has 1 saturated heterocycles. The molecule has 1 aliphatic heterocycles. The van der Waals surface area contributed by atoms with Crippen molar-refractivity contribution in [1.29, 1.82) is 0 Å². The van der Waals surface area contributed by atoms with Gasteiger partial charge in [-0.3, -0.25) is 4.90 Å². The molecule has 5 heteroatoms. The van der Waals surface area contributed by atoms with Crippen LogP contribution < -0.4 is 9.47 Å². The van der Waals surface area contributed by atoms with Gasteiger partial charge in [0.2, 0.25) is 0 Å². The summed E-state index contributed by atoms with van der Waals surface area (Å²) in [5.74, 6) is 2.16. The number of ether oxygens (including phenoxy) is 4. The quantitative estimate of drug-likeness (QED) is 0.766. The lowest BCUT2D eigenvalue weighted by Crippen LogP contribution is -2.52. The molecule has 2 aliphatic rings. The first-order chi connectivity index (χ1) is 11.8. The molecular formula is C19H29NO4. The van der Waals surface area contributed by atoms with Crippen LogP contribution in [0.25, 0.3) is 0 Å². The summed E-state index contributed by atoms with van der Waals surface area (Å²) in [4.78, 5) is 2.51. The molecule has 1 aliphatic carbocycles. The molecule has 3 atom stereocenters. The van der Waals surface area contributed by atoms with Crippen LogP contribution in [0.4, 0.5) is 0 Å². The van der Waals surface area contributed by atoms with E-state index in [1.54, 1.807) is 7.11 Å². The maximum absolute atomic E-state index is 5.96. The Morgan fingerprint density at radius 3 is 2.79 bits per heavy atom. The molecule has 0 bridgehead atoms. The summed E-state index contributed by atoms with van der Waals surface area (Å²) in [6, 6.07) is 8.24. The topological polar surface area (TPSA) is 40.2 Å². The van der Waals surface area contributed by atoms with Gasteiger partial charge in [0.15, 0.2) is 11.5 Å². The largest absolute Gasteiger partial charge is 0.493 e. The maximum atomic E-state index is 5.96. The Balaban J connectivity index is 1.56. The summed E-state index contributed by atoms with van der Waals surface area (Å²) in [5.41, 5.74) is 0. The van der Waals surface area contributed by atoms with Crippen LogP contribution in [0, 0.1) is 5.92 Å². The van der Waals surface area contributed by atoms with Gasteiger partial charge in [0.25, 0.3) is 0 Å². The van der Waals surface area contributed by atoms with Crippen LogP contribution in [-0.2, 0) is 9.47 Å². The van der Waals surface area contributed by atoms with Crippen molar-refractivity contribution in [3.63, 3.8) is 0 Å². The highest BCUT2D eigenvalue weighted by molar-refractivity contribution is 5.39. The molecule has 0 N–H and O–H groups in total. The lowest BCUT2D eigenvalue weighted by atomic mass is 9.94. The van der Waals surface area contributed by atoms with Crippen LogP contribution in [0.5, 0.6) is 11.5 Å². The summed E-state index contributed by atoms with van der Waals surface area (Å²) in [6.45, 7) is 4.13. The number of para-hydroxylation sites is 2. The fourth-order valence-corrected chi connectivity index (χ4v) is 4.03. The van der Waals surface area contributed by atoms with E-state index in [1.165, 1.54) is 19.3 Å². The van der Waals surface area contributed by atoms with Gasteiger partial charge in [0, 0.05) is 32.2 Å². The second-order valence-corrected chi connectivity index (χ2v) is 6.55. The van der Waals surface area contributed by atoms with E-state index in [1.807, 2.05) is 31.4 Å². The van der Waals surface area contributed by atoms with Crippen molar-refractivity contribution in [2.75, 3.05) is 47.1 Å². The van der Waals surface area contributed by atoms with Gasteiger partial charge in [-0.2, -0.15) is 0 Å². The van der Waals surface area contributed by atoms with E-state index >= 15 is 0 Å². The molecule has 1 aromatic rings. The molecule has 1 saturated carbocycles. The van der Waals surface area contributed by atoms with Crippen molar-refractivity contribution >= 4 is 0 Å². The maximum Gasteiger partial charge on any atom is 0.161 e. The van der Waals surface area contributed by atoms with Crippen molar-refractivity contribution in [2.24, 2.45) is 5.92 Å². The van der Waals surface area contributed by atoms with Gasteiger partial charge in [-0.1, -0.05) is 18.6 Å². The highest BCUT2D eigenvalue weighted by atomic mass is 16.5. The summed E-state index contributed by atoms with van der Waals surface area (Å²) in [5, 5.41) is 0. The van der Waals surface area contributed by atoms with Crippen LogP contribution in [0.3, 0.4) is 0 Å². The van der Waals surface area contributed by atoms with E-state index in [4.69, 9.17) is 18.9 Å². The summed E-state index contributed by atoms with van der Waals surface area (Å²) < 4.78 is 22.8. The predicted octanol–water partition coefficient (Wildman–Crippen LogP) is 2.59. The van der Waals surface area contributed by atoms with Crippen LogP contribution in [0.2, 0.25) is 0 Å². The normalized spacial score (nSPS) is 28.0. The summed E-state index contributed by atoms with van der Waals surface area (Å²) in [6.07, 6.45) is 4.03. The third kappa shape index (κ3) is 4.02. The molecule has 0 aromatic heterocycles. The minimum atomic E-state index is 0.370. The number of nitrogens with zero attached hydrogens (tertiary/aromatic N) is 1. The van der Waals surface area contributed by atoms with Crippen LogP contribution in [-0.4, -0.2) is 64.2 Å². The van der Waals surface area contributed by atoms with E-state index in [2.05, 4.69) is 4.90 Å². The third-order valence-electron chi connectivity index (χ3n) is 5.29. The van der Waals surface area contributed by atoms with Crippen LogP contribution in [0.1, 0.15) is 19.3 Å². The minimum absolute atomic E-state index is 0.370. The predicted molar refractivity (Wildman–Crippen MR) is 92.8 cm³/mol. The van der Waals surface area contributed by atoms with Gasteiger partial charge in [-0.15, -0.1) is 0 Å². The monoisotopic (exact) mass is 335 g/mol. The third-order valence-corrected chi connectivity index (χ3v) is 5.29. The molecule has 2 fully saturated rings. The Bertz CT molecular complexity index is 510. The van der Waals surface area contributed by atoms with E-state index in [0.717, 1.165) is 37.8 Å². The average molecular weight is 335 g/mol. The number of hydrogen-bond acceptors (Lipinski definition) is 5. The SMILES string of the molecule is COc1ccccc1OCCN1CCOC[C@@H]1[C@@H]1CCC[C@@H]1OC. The van der Waals surface area contributed by atoms with Crippen LogP contribution in [0.15, 0.2) is 24.3 Å². The molecule has 0 unspecified atom stereocenters. The number of morpholine rings is 1. The smallest absolute Gasteiger partial charge is 0.161 e. The number of rotatable bonds is 7. The van der Waals surface area contributed by atoms with Crippen molar-refractivity contribution in [2.45, 2.75) is 31.4 Å². The highest BCUT2D eigenvalue weighted by Gasteiger charge is 2.38. The molecule has 134 valence electrons. The molecule has 1 heterocycles. The highest BCUT2D eigenvalue weighted by Crippen LogP contribution is 2.34. The second-order valence-electron chi connectivity index (χ2n) is 6.55. The number of benzene rings is 1. The number of hydrogen-bond donors (Lipinski definition) is 0. The van der Waals surface area contributed by atoms with Crippen molar-refractivity contribution in [3.8, 4) is 11.5 Å². The lowest BCUT2D eigenvalue weighted by Gasteiger charge is -2.40. The van der Waals surface area contributed by atoms with Gasteiger partial charge in [-0.05, 0) is 25.0 Å². The van der Waals surface area contributed by atoms with E-state index < -0.39 is 0 Å². The summed E-state index contributed by atoms with van der Waals surface area (Å²) in [7, 11) is 3.51. The Labute approximate surface area is 144 Å². The molecule has 0 spiro atoms. The Morgan fingerprint density at radius 2 is 2.00 bits per heavy atom. The van der Waals surface area contributed by atoms with Crippen molar-refractivity contribution in [1.82, 2.24) is 4.90 Å². The van der Waals surface area contributed by atoms with Crippen molar-refractivity contribution < 1.29 is 18.9 Å². The lowest BCUT2D eigenvalue weighted by molar-refractivity contribution is -0.0603. The minimum Gasteiger partial charge on any atom is -0.493 e. The van der Waals surface area contributed by atoms with E-state index in [9.17, 15) is 0 Å². The average Bonchev–Trinajstić information content (AvgIpc) is 3.11. The van der Waals surface area contributed by atoms with Gasteiger partial charge >= 0.3 is 0 Å². The molecule has 0 amide bonds. The molecule has 24 heavy (non-hydrogen) atoms. The molecule has 1 aromatic carbocycles. The molecule has 0 radical (unpaired) electrons. The molecule has 5 nitrogen and oxygen atoms in total. The first kappa shape index (κ1) is 17.5. The fraction of sp³-hybridized carbons (Fsp3) is 0.684. The molecular weight excluding hydrogens is 306 g/mol. The fourth-order valence-electron chi connectivity index (χ4n) is 4.03. The van der Waals surface area contributed by atoms with Gasteiger partial charge < -0.3 is 18.9 Å². The second kappa shape index (κ2) is 8.70. The first-order valence-electron chi connectivity index (χ1n) is 8.94. The van der Waals surface area contributed by atoms with Crippen LogP contribution >= 0.6 is 0 Å². The standard InChI is InChI=1S/C19H29NO4/c1-21-17-9-5-6-15(17)16-14-23-12-10-20(16)11-13-24-19-8-4-3-7-18(19)22-2/h3-4,7-8,15-17H,5-6,9-14H2,1-2H3/t15-,16+,17-/m0/s1. The van der Waals surface area contributed by atoms with Gasteiger partial charge in [0.05, 0.1) is 26.4 Å². The summed E-state index contributed by atoms with van der Waals surface area (Å²) >= 11 is 0. The van der Waals surface area contributed by atoms with Gasteiger partial charge in [-0.25, -0.2) is 0 Å². The Morgan fingerprint density at radius 1 is 1.17 bits per heavy atom. The van der Waals surface area contributed by atoms with E-state index in [0.29, 0.717) is 24.7 Å². The Kier molecular flexibility index (Phi) is 6.35. The van der Waals surface area contributed by atoms with Gasteiger partial charge in [0.1, 0.15) is 6.61 Å². The number of methoxy groups -OCH3 is 2. The Hall–Kier alpha value is -1.30. The zero-order valence-electron chi connectivity index (χ0n) is 14.8. The van der Waals surface area contributed by atoms with Crippen molar-refractivity contribution in [3.05, 3.63) is 24.3 Å². The molecule has 3 rings (SSSR count). The zero-order valence-corrected chi connectivity index (χ0v) is 14.8.